The maximum Gasteiger partial charge on any atom is 0.342 e. The molecular formula is C10H15N3O4S. The zero-order valence-electron chi connectivity index (χ0n) is 10.1. The van der Waals surface area contributed by atoms with Crippen molar-refractivity contribution in [3.05, 3.63) is 24.4 Å². The standard InChI is InChI=1S/C10H15N3O4S/c1-4-7(3)13-18(15,16)9-8(6-11-12-9)10(14)17-5-2/h4,6-7,13H,1,5H2,2-3H3,(H,11,12). The quantitative estimate of drug-likeness (QED) is 0.578. The van der Waals surface area contributed by atoms with Crippen LogP contribution in [0.2, 0.25) is 0 Å². The first-order valence-electron chi connectivity index (χ1n) is 5.27. The summed E-state index contributed by atoms with van der Waals surface area (Å²) in [5.74, 6) is -0.738. The molecule has 0 radical (unpaired) electrons. The number of hydrogen-bond acceptors (Lipinski definition) is 5. The average molecular weight is 273 g/mol. The SMILES string of the molecule is C=CC(C)NS(=O)(=O)c1[nH]ncc1C(=O)OCC. The lowest BCUT2D eigenvalue weighted by Crippen LogP contribution is -2.32. The number of aromatic nitrogens is 2. The van der Waals surface area contributed by atoms with Crippen molar-refractivity contribution >= 4 is 16.0 Å². The molecular weight excluding hydrogens is 258 g/mol. The van der Waals surface area contributed by atoms with Gasteiger partial charge in [-0.3, -0.25) is 5.10 Å². The lowest BCUT2D eigenvalue weighted by Gasteiger charge is -2.09. The Bertz CT molecular complexity index is 535. The zero-order chi connectivity index (χ0) is 13.8. The molecule has 1 aromatic rings. The van der Waals surface area contributed by atoms with E-state index in [1.165, 1.54) is 6.08 Å². The van der Waals surface area contributed by atoms with Crippen LogP contribution in [0.15, 0.2) is 23.9 Å². The van der Waals surface area contributed by atoms with Crippen LogP contribution in [0.4, 0.5) is 0 Å². The molecule has 0 saturated carbocycles. The van der Waals surface area contributed by atoms with Gasteiger partial charge in [0.2, 0.25) is 0 Å². The van der Waals surface area contributed by atoms with Crippen molar-refractivity contribution in [3.63, 3.8) is 0 Å². The van der Waals surface area contributed by atoms with Crippen molar-refractivity contribution in [1.82, 2.24) is 14.9 Å². The lowest BCUT2D eigenvalue weighted by atomic mass is 10.4. The minimum absolute atomic E-state index is 0.124. The first-order valence-corrected chi connectivity index (χ1v) is 6.76. The fourth-order valence-corrected chi connectivity index (χ4v) is 2.49. The third kappa shape index (κ3) is 3.17. The van der Waals surface area contributed by atoms with Gasteiger partial charge in [0.1, 0.15) is 5.56 Å². The normalized spacial score (nSPS) is 13.0. The molecule has 1 aromatic heterocycles. The molecule has 0 fully saturated rings. The van der Waals surface area contributed by atoms with Gasteiger partial charge in [-0.25, -0.2) is 17.9 Å². The van der Waals surface area contributed by atoms with Crippen molar-refractivity contribution in [2.45, 2.75) is 24.9 Å². The van der Waals surface area contributed by atoms with Crippen LogP contribution in [-0.4, -0.2) is 37.2 Å². The molecule has 1 heterocycles. The van der Waals surface area contributed by atoms with Crippen LogP contribution < -0.4 is 4.72 Å². The number of ether oxygens (including phenoxy) is 1. The summed E-state index contributed by atoms with van der Waals surface area (Å²) in [7, 11) is -3.86. The summed E-state index contributed by atoms with van der Waals surface area (Å²) in [6.07, 6.45) is 2.54. The van der Waals surface area contributed by atoms with Gasteiger partial charge in [0.25, 0.3) is 10.0 Å². The van der Waals surface area contributed by atoms with Gasteiger partial charge in [-0.1, -0.05) is 6.08 Å². The smallest absolute Gasteiger partial charge is 0.342 e. The summed E-state index contributed by atoms with van der Waals surface area (Å²) in [6, 6.07) is -0.464. The molecule has 0 aromatic carbocycles. The van der Waals surface area contributed by atoms with Crippen molar-refractivity contribution in [2.75, 3.05) is 6.61 Å². The zero-order valence-corrected chi connectivity index (χ0v) is 11.0. The number of H-pyrrole nitrogens is 1. The number of carbonyl (C=O) groups is 1. The van der Waals surface area contributed by atoms with Gasteiger partial charge in [0.15, 0.2) is 5.03 Å². The number of hydrogen-bond donors (Lipinski definition) is 2. The molecule has 18 heavy (non-hydrogen) atoms. The summed E-state index contributed by atoms with van der Waals surface area (Å²) in [5, 5.41) is 5.52. The van der Waals surface area contributed by atoms with Crippen LogP contribution in [0.5, 0.6) is 0 Å². The van der Waals surface area contributed by atoms with E-state index in [1.54, 1.807) is 13.8 Å². The molecule has 1 unspecified atom stereocenters. The van der Waals surface area contributed by atoms with Gasteiger partial charge in [-0.15, -0.1) is 6.58 Å². The highest BCUT2D eigenvalue weighted by atomic mass is 32.2. The number of carbonyl (C=O) groups excluding carboxylic acids is 1. The topological polar surface area (TPSA) is 101 Å². The Kier molecular flexibility index (Phi) is 4.62. The van der Waals surface area contributed by atoms with Crippen LogP contribution in [-0.2, 0) is 14.8 Å². The maximum atomic E-state index is 12.0. The number of aromatic amines is 1. The number of nitrogens with zero attached hydrogens (tertiary/aromatic N) is 1. The fourth-order valence-electron chi connectivity index (χ4n) is 1.19. The highest BCUT2D eigenvalue weighted by Gasteiger charge is 2.26. The van der Waals surface area contributed by atoms with E-state index in [1.807, 2.05) is 0 Å². The molecule has 0 saturated heterocycles. The summed E-state index contributed by atoms with van der Waals surface area (Å²) < 4.78 is 31.0. The Balaban J connectivity index is 3.07. The van der Waals surface area contributed by atoms with E-state index < -0.39 is 22.0 Å². The van der Waals surface area contributed by atoms with E-state index in [0.717, 1.165) is 6.20 Å². The highest BCUT2D eigenvalue weighted by molar-refractivity contribution is 7.89. The second kappa shape index (κ2) is 5.78. The predicted octanol–water partition coefficient (Wildman–Crippen LogP) is 0.439. The van der Waals surface area contributed by atoms with Gasteiger partial charge in [0, 0.05) is 6.04 Å². The van der Waals surface area contributed by atoms with Gasteiger partial charge >= 0.3 is 5.97 Å². The molecule has 0 aliphatic heterocycles. The minimum atomic E-state index is -3.86. The van der Waals surface area contributed by atoms with Crippen molar-refractivity contribution in [3.8, 4) is 0 Å². The first-order chi connectivity index (χ1) is 8.42. The Morgan fingerprint density at radius 3 is 2.94 bits per heavy atom. The molecule has 100 valence electrons. The Morgan fingerprint density at radius 1 is 1.72 bits per heavy atom. The summed E-state index contributed by atoms with van der Waals surface area (Å²) in [4.78, 5) is 11.5. The molecule has 0 spiro atoms. The van der Waals surface area contributed by atoms with Crippen LogP contribution >= 0.6 is 0 Å². The second-order valence-electron chi connectivity index (χ2n) is 3.48. The monoisotopic (exact) mass is 273 g/mol. The molecule has 0 bridgehead atoms. The fraction of sp³-hybridized carbons (Fsp3) is 0.400. The number of esters is 1. The predicted molar refractivity (Wildman–Crippen MR) is 64.5 cm³/mol. The summed E-state index contributed by atoms with van der Waals surface area (Å²) >= 11 is 0. The van der Waals surface area contributed by atoms with E-state index >= 15 is 0 Å². The van der Waals surface area contributed by atoms with Crippen molar-refractivity contribution in [2.24, 2.45) is 0 Å². The summed E-state index contributed by atoms with van der Waals surface area (Å²) in [5.41, 5.74) is -0.124. The molecule has 7 nitrogen and oxygen atoms in total. The molecule has 0 aliphatic rings. The first kappa shape index (κ1) is 14.4. The lowest BCUT2D eigenvalue weighted by molar-refractivity contribution is 0.0522. The third-order valence-corrected chi connectivity index (χ3v) is 3.59. The molecule has 0 aliphatic carbocycles. The Labute approximate surface area is 105 Å². The van der Waals surface area contributed by atoms with E-state index in [0.29, 0.717) is 0 Å². The van der Waals surface area contributed by atoms with E-state index in [4.69, 9.17) is 4.74 Å². The highest BCUT2D eigenvalue weighted by Crippen LogP contribution is 2.13. The third-order valence-electron chi connectivity index (χ3n) is 2.06. The van der Waals surface area contributed by atoms with Crippen LogP contribution in [0.25, 0.3) is 0 Å². The van der Waals surface area contributed by atoms with E-state index in [9.17, 15) is 13.2 Å². The number of nitrogens with one attached hydrogen (secondary N) is 2. The molecule has 2 N–H and O–H groups in total. The van der Waals surface area contributed by atoms with Crippen LogP contribution in [0.3, 0.4) is 0 Å². The minimum Gasteiger partial charge on any atom is -0.462 e. The maximum absolute atomic E-state index is 12.0. The van der Waals surface area contributed by atoms with Crippen molar-refractivity contribution in [1.29, 1.82) is 0 Å². The molecule has 0 amide bonds. The average Bonchev–Trinajstić information content (AvgIpc) is 2.78. The summed E-state index contributed by atoms with van der Waals surface area (Å²) in [6.45, 7) is 6.87. The number of sulfonamides is 1. The van der Waals surface area contributed by atoms with E-state index in [2.05, 4.69) is 21.5 Å². The van der Waals surface area contributed by atoms with Gasteiger partial charge in [0.05, 0.1) is 12.8 Å². The largest absolute Gasteiger partial charge is 0.462 e. The Hall–Kier alpha value is -1.67. The molecule has 1 atom stereocenters. The van der Waals surface area contributed by atoms with Crippen molar-refractivity contribution < 1.29 is 17.9 Å². The van der Waals surface area contributed by atoms with Crippen LogP contribution in [0, 0.1) is 0 Å². The second-order valence-corrected chi connectivity index (χ2v) is 5.13. The number of rotatable bonds is 6. The molecule has 1 rings (SSSR count). The van der Waals surface area contributed by atoms with Gasteiger partial charge < -0.3 is 4.74 Å². The van der Waals surface area contributed by atoms with Gasteiger partial charge in [-0.05, 0) is 13.8 Å². The Morgan fingerprint density at radius 2 is 2.39 bits per heavy atom. The van der Waals surface area contributed by atoms with Gasteiger partial charge in [-0.2, -0.15) is 5.10 Å². The molecule has 8 heteroatoms. The van der Waals surface area contributed by atoms with Crippen LogP contribution in [0.1, 0.15) is 24.2 Å². The van der Waals surface area contributed by atoms with E-state index in [-0.39, 0.29) is 17.2 Å².